The summed E-state index contributed by atoms with van der Waals surface area (Å²) < 4.78 is 43.6. The van der Waals surface area contributed by atoms with Crippen molar-refractivity contribution >= 4 is 35.9 Å². The van der Waals surface area contributed by atoms with E-state index >= 15 is 0 Å². The minimum absolute atomic E-state index is 0. The van der Waals surface area contributed by atoms with Crippen LogP contribution in [0.1, 0.15) is 105 Å². The maximum Gasteiger partial charge on any atom is 0.338 e. The van der Waals surface area contributed by atoms with Gasteiger partial charge in [0.15, 0.2) is 22.8 Å². The molecule has 0 bridgehead atoms. The van der Waals surface area contributed by atoms with Gasteiger partial charge in [-0.25, -0.2) is 9.59 Å². The Hall–Kier alpha value is -1.67. The van der Waals surface area contributed by atoms with Gasteiger partial charge >= 0.3 is 11.9 Å². The van der Waals surface area contributed by atoms with Crippen molar-refractivity contribution < 1.29 is 57.1 Å². The molecule has 45 heavy (non-hydrogen) atoms. The molecule has 0 unspecified atom stereocenters. The fraction of sp³-hybridized carbons (Fsp3) is 0.875. The second-order valence-corrected chi connectivity index (χ2v) is 11.6. The average molecular weight is 665 g/mol. The molecular formula is C32H53ClO12. The van der Waals surface area contributed by atoms with Gasteiger partial charge in [-0.05, 0) is 53.4 Å². The fourth-order valence-electron chi connectivity index (χ4n) is 6.34. The largest absolute Gasteiger partial charge is 0.464 e. The summed E-state index contributed by atoms with van der Waals surface area (Å²) in [7, 11) is 0. The zero-order valence-corrected chi connectivity index (χ0v) is 28.3. The van der Waals surface area contributed by atoms with E-state index in [0.29, 0.717) is 123 Å². The zero-order valence-electron chi connectivity index (χ0n) is 27.4. The van der Waals surface area contributed by atoms with Crippen molar-refractivity contribution in [1.29, 1.82) is 0 Å². The first-order valence-electron chi connectivity index (χ1n) is 16.3. The zero-order chi connectivity index (χ0) is 32.1. The summed E-state index contributed by atoms with van der Waals surface area (Å²) in [6, 6.07) is 0. The predicted molar refractivity (Wildman–Crippen MR) is 164 cm³/mol. The molecule has 12 nitrogen and oxygen atoms in total. The normalized spacial score (nSPS) is 24.0. The van der Waals surface area contributed by atoms with Crippen molar-refractivity contribution in [2.24, 2.45) is 0 Å². The molecule has 2 saturated heterocycles. The quantitative estimate of drug-likeness (QED) is 0.339. The molecule has 2 aliphatic heterocycles. The molecule has 0 aromatic rings. The van der Waals surface area contributed by atoms with Gasteiger partial charge in [0.1, 0.15) is 11.6 Å². The van der Waals surface area contributed by atoms with E-state index in [1.165, 1.54) is 0 Å². The van der Waals surface area contributed by atoms with Gasteiger partial charge in [0.2, 0.25) is 0 Å². The SMILES string of the molecule is CCOC(=O)C1(OCC)CCC(=O)CC1.CCOC(=O)C1(OCC)CCC2(CC1)OCCO2.Cl.O=C1CCC2(CC1)OCCO2. The topological polar surface area (TPSA) is 142 Å². The molecule has 0 radical (unpaired) electrons. The van der Waals surface area contributed by atoms with Crippen molar-refractivity contribution in [2.75, 3.05) is 52.9 Å². The van der Waals surface area contributed by atoms with Crippen LogP contribution in [-0.4, -0.2) is 99.1 Å². The number of hydrogen-bond donors (Lipinski definition) is 0. The molecule has 0 aromatic heterocycles. The molecule has 13 heteroatoms. The van der Waals surface area contributed by atoms with Gasteiger partial charge in [-0.15, -0.1) is 12.4 Å². The van der Waals surface area contributed by atoms with Crippen molar-refractivity contribution in [3.05, 3.63) is 0 Å². The second-order valence-electron chi connectivity index (χ2n) is 11.6. The summed E-state index contributed by atoms with van der Waals surface area (Å²) in [6.45, 7) is 11.7. The highest BCUT2D eigenvalue weighted by Gasteiger charge is 2.51. The van der Waals surface area contributed by atoms with Crippen molar-refractivity contribution in [2.45, 2.75) is 128 Å². The van der Waals surface area contributed by atoms with E-state index in [1.54, 1.807) is 6.92 Å². The number of halogens is 1. The van der Waals surface area contributed by atoms with Crippen molar-refractivity contribution in [3.8, 4) is 0 Å². The molecular weight excluding hydrogens is 612 g/mol. The van der Waals surface area contributed by atoms with Crippen LogP contribution in [0.15, 0.2) is 0 Å². The molecule has 3 aliphatic carbocycles. The van der Waals surface area contributed by atoms with Crippen LogP contribution < -0.4 is 0 Å². The number of ether oxygens (including phenoxy) is 8. The van der Waals surface area contributed by atoms with Gasteiger partial charge in [-0.2, -0.15) is 0 Å². The summed E-state index contributed by atoms with van der Waals surface area (Å²) in [5, 5.41) is 0. The van der Waals surface area contributed by atoms with Gasteiger partial charge in [0.05, 0.1) is 39.6 Å². The van der Waals surface area contributed by atoms with E-state index in [1.807, 2.05) is 20.8 Å². The molecule has 260 valence electrons. The first-order valence-corrected chi connectivity index (χ1v) is 16.3. The summed E-state index contributed by atoms with van der Waals surface area (Å²) in [5.74, 6) is -0.871. The van der Waals surface area contributed by atoms with E-state index in [-0.39, 0.29) is 35.9 Å². The molecule has 5 rings (SSSR count). The van der Waals surface area contributed by atoms with Gasteiger partial charge in [0, 0.05) is 64.6 Å². The van der Waals surface area contributed by atoms with Crippen LogP contribution in [0, 0.1) is 0 Å². The maximum absolute atomic E-state index is 12.1. The molecule has 2 spiro atoms. The second kappa shape index (κ2) is 18.6. The lowest BCUT2D eigenvalue weighted by molar-refractivity contribution is -0.218. The van der Waals surface area contributed by atoms with Crippen molar-refractivity contribution in [3.63, 3.8) is 0 Å². The van der Waals surface area contributed by atoms with E-state index < -0.39 is 17.0 Å². The predicted octanol–water partition coefficient (Wildman–Crippen LogP) is 4.40. The fourth-order valence-corrected chi connectivity index (χ4v) is 6.34. The standard InChI is InChI=1S/C13H22O5.C11H18O4.C8H12O3.ClH/c1-3-15-11(14)12(16-4-2)5-7-13(8-6-12)17-9-10-18-13;1-3-14-10(13)11(15-4-2)7-5-9(12)6-8-11;9-7-1-3-8(4-2-7)10-5-6-11-8;/h3-10H2,1-2H3;3-8H2,1-2H3;1-6H2;1H. The minimum atomic E-state index is -0.862. The summed E-state index contributed by atoms with van der Waals surface area (Å²) >= 11 is 0. The number of esters is 2. The first kappa shape index (κ1) is 39.5. The summed E-state index contributed by atoms with van der Waals surface area (Å²) in [5.41, 5.74) is -1.66. The number of Topliss-reactive ketones (excluding diaryl/α,β-unsaturated/α-hetero) is 2. The first-order chi connectivity index (χ1) is 21.1. The van der Waals surface area contributed by atoms with Crippen LogP contribution in [0.4, 0.5) is 0 Å². The monoisotopic (exact) mass is 664 g/mol. The van der Waals surface area contributed by atoms with Gasteiger partial charge in [0.25, 0.3) is 0 Å². The number of carbonyl (C=O) groups excluding carboxylic acids is 4. The summed E-state index contributed by atoms with van der Waals surface area (Å²) in [6.07, 6.45) is 7.07. The Morgan fingerprint density at radius 3 is 1.22 bits per heavy atom. The van der Waals surface area contributed by atoms with E-state index in [4.69, 9.17) is 37.9 Å². The third-order valence-electron chi connectivity index (χ3n) is 8.77. The Kier molecular flexibility index (Phi) is 16.3. The van der Waals surface area contributed by atoms with Gasteiger partial charge in [-0.1, -0.05) is 0 Å². The lowest BCUT2D eigenvalue weighted by atomic mass is 9.81. The highest BCUT2D eigenvalue weighted by molar-refractivity contribution is 5.86. The molecule has 5 aliphatic rings. The van der Waals surface area contributed by atoms with E-state index in [2.05, 4.69) is 0 Å². The molecule has 0 N–H and O–H groups in total. The lowest BCUT2D eigenvalue weighted by Gasteiger charge is -2.41. The smallest absolute Gasteiger partial charge is 0.338 e. The minimum Gasteiger partial charge on any atom is -0.464 e. The Balaban J connectivity index is 0.000000239. The third-order valence-corrected chi connectivity index (χ3v) is 8.77. The molecule has 3 saturated carbocycles. The molecule has 0 amide bonds. The highest BCUT2D eigenvalue weighted by Crippen LogP contribution is 2.42. The Morgan fingerprint density at radius 1 is 0.533 bits per heavy atom. The van der Waals surface area contributed by atoms with Crippen LogP contribution in [-0.2, 0) is 57.1 Å². The van der Waals surface area contributed by atoms with Crippen LogP contribution in [0.3, 0.4) is 0 Å². The number of rotatable bonds is 8. The Labute approximate surface area is 273 Å². The molecule has 5 fully saturated rings. The number of ketones is 2. The van der Waals surface area contributed by atoms with E-state index in [0.717, 1.165) is 12.8 Å². The number of carbonyl (C=O) groups is 4. The van der Waals surface area contributed by atoms with Crippen LogP contribution >= 0.6 is 12.4 Å². The van der Waals surface area contributed by atoms with Gasteiger partial charge in [-0.3, -0.25) is 9.59 Å². The average Bonchev–Trinajstić information content (AvgIpc) is 3.69. The van der Waals surface area contributed by atoms with Crippen LogP contribution in [0.5, 0.6) is 0 Å². The lowest BCUT2D eigenvalue weighted by Crippen LogP contribution is -2.50. The van der Waals surface area contributed by atoms with E-state index in [9.17, 15) is 19.2 Å². The Bertz CT molecular complexity index is 926. The van der Waals surface area contributed by atoms with Crippen LogP contribution in [0.2, 0.25) is 0 Å². The molecule has 0 aromatic carbocycles. The maximum atomic E-state index is 12.1. The van der Waals surface area contributed by atoms with Crippen LogP contribution in [0.25, 0.3) is 0 Å². The summed E-state index contributed by atoms with van der Waals surface area (Å²) in [4.78, 5) is 45.9. The highest BCUT2D eigenvalue weighted by atomic mass is 35.5. The molecule has 0 atom stereocenters. The third kappa shape index (κ3) is 10.7. The molecule has 2 heterocycles. The Morgan fingerprint density at radius 2 is 0.867 bits per heavy atom. The van der Waals surface area contributed by atoms with Gasteiger partial charge < -0.3 is 37.9 Å². The number of hydrogen-bond acceptors (Lipinski definition) is 12. The van der Waals surface area contributed by atoms with Crippen molar-refractivity contribution in [1.82, 2.24) is 0 Å².